The third-order valence-corrected chi connectivity index (χ3v) is 2.90. The van der Waals surface area contributed by atoms with Crippen LogP contribution in [0.2, 0.25) is 0 Å². The highest BCUT2D eigenvalue weighted by Crippen LogP contribution is 2.23. The molecule has 2 rings (SSSR count). The molecule has 0 unspecified atom stereocenters. The van der Waals surface area contributed by atoms with E-state index in [4.69, 9.17) is 4.74 Å². The fraction of sp³-hybridized carbons (Fsp3) is 0.364. The van der Waals surface area contributed by atoms with Crippen molar-refractivity contribution in [2.24, 2.45) is 0 Å². The van der Waals surface area contributed by atoms with E-state index in [9.17, 15) is 5.11 Å². The molecule has 0 saturated carbocycles. The van der Waals surface area contributed by atoms with E-state index in [0.29, 0.717) is 17.9 Å². The second kappa shape index (κ2) is 6.03. The van der Waals surface area contributed by atoms with Gasteiger partial charge in [-0.2, -0.15) is 0 Å². The maximum atomic E-state index is 9.58. The average Bonchev–Trinajstić information content (AvgIpc) is 2.39. The molecule has 2 N–H and O–H groups in total. The van der Waals surface area contributed by atoms with Crippen LogP contribution in [0.15, 0.2) is 23.1 Å². The quantitative estimate of drug-likeness (QED) is 0.863. The molecule has 2 aromatic heterocycles. The fourth-order valence-corrected chi connectivity index (χ4v) is 1.92. The Morgan fingerprint density at radius 3 is 2.78 bits per heavy atom. The number of rotatable bonds is 5. The molecule has 0 bridgehead atoms. The van der Waals surface area contributed by atoms with Crippen molar-refractivity contribution in [3.05, 3.63) is 23.1 Å². The molecule has 0 aliphatic rings. The minimum atomic E-state index is -0.591. The summed E-state index contributed by atoms with van der Waals surface area (Å²) < 4.78 is 5.64. The van der Waals surface area contributed by atoms with E-state index in [-0.39, 0.29) is 6.61 Å². The Bertz CT molecular complexity index is 537. The van der Waals surface area contributed by atoms with Crippen molar-refractivity contribution in [2.45, 2.75) is 6.10 Å². The van der Waals surface area contributed by atoms with E-state index in [1.165, 1.54) is 0 Å². The predicted molar refractivity (Wildman–Crippen MR) is 71.4 cm³/mol. The normalized spacial score (nSPS) is 12.6. The number of nitrogens with zero attached hydrogens (tertiary/aromatic N) is 3. The molecular weight excluding hydrogens is 300 g/mol. The van der Waals surface area contributed by atoms with Gasteiger partial charge in [0.05, 0.1) is 17.2 Å². The van der Waals surface area contributed by atoms with Crippen LogP contribution in [-0.2, 0) is 4.74 Å². The van der Waals surface area contributed by atoms with E-state index >= 15 is 0 Å². The van der Waals surface area contributed by atoms with Gasteiger partial charge in [-0.25, -0.2) is 9.97 Å². The lowest BCUT2D eigenvalue weighted by Gasteiger charge is -2.12. The zero-order valence-electron chi connectivity index (χ0n) is 9.80. The topological polar surface area (TPSA) is 80.2 Å². The first-order valence-corrected chi connectivity index (χ1v) is 6.17. The fourth-order valence-electron chi connectivity index (χ4n) is 1.52. The highest BCUT2D eigenvalue weighted by atomic mass is 79.9. The summed E-state index contributed by atoms with van der Waals surface area (Å²) in [5.41, 5.74) is 1.40. The molecular formula is C11H13BrN4O2. The zero-order valence-corrected chi connectivity index (χ0v) is 11.4. The smallest absolute Gasteiger partial charge is 0.154 e. The third-order valence-electron chi connectivity index (χ3n) is 2.32. The van der Waals surface area contributed by atoms with Crippen molar-refractivity contribution in [2.75, 3.05) is 25.6 Å². The molecule has 6 nitrogen and oxygen atoms in total. The van der Waals surface area contributed by atoms with Gasteiger partial charge in [-0.1, -0.05) is 0 Å². The molecule has 18 heavy (non-hydrogen) atoms. The highest BCUT2D eigenvalue weighted by molar-refractivity contribution is 9.10. The van der Waals surface area contributed by atoms with Crippen LogP contribution in [0.4, 0.5) is 5.82 Å². The molecule has 96 valence electrons. The number of pyridine rings is 1. The molecule has 0 aromatic carbocycles. The van der Waals surface area contributed by atoms with Gasteiger partial charge in [-0.15, -0.1) is 0 Å². The molecule has 7 heteroatoms. The van der Waals surface area contributed by atoms with Crippen LogP contribution in [0, 0.1) is 0 Å². The number of hydrogen-bond acceptors (Lipinski definition) is 6. The van der Waals surface area contributed by atoms with Crippen LogP contribution >= 0.6 is 15.9 Å². The van der Waals surface area contributed by atoms with Crippen LogP contribution in [0.25, 0.3) is 11.0 Å². The molecule has 0 aliphatic heterocycles. The number of hydrogen-bond donors (Lipinski definition) is 2. The number of methoxy groups -OCH3 is 1. The summed E-state index contributed by atoms with van der Waals surface area (Å²) in [6.07, 6.45) is 4.29. The standard InChI is InChI=1S/C11H13BrN4O2/c1-18-6-7(17)4-15-11-10-9(8(12)5-16-11)13-2-3-14-10/h2-3,5,7,17H,4,6H2,1H3,(H,15,16)/t7-/m1/s1. The first-order valence-electron chi connectivity index (χ1n) is 5.38. The van der Waals surface area contributed by atoms with E-state index in [1.807, 2.05) is 0 Å². The van der Waals surface area contributed by atoms with Gasteiger partial charge in [0, 0.05) is 32.2 Å². The lowest BCUT2D eigenvalue weighted by atomic mass is 10.3. The molecule has 1 atom stereocenters. The molecule has 2 aromatic rings. The van der Waals surface area contributed by atoms with Crippen molar-refractivity contribution >= 4 is 32.8 Å². The first kappa shape index (κ1) is 13.1. The SMILES string of the molecule is COC[C@H](O)CNc1ncc(Br)c2nccnc12. The molecule has 0 aliphatic carbocycles. The number of aliphatic hydroxyl groups is 1. The summed E-state index contributed by atoms with van der Waals surface area (Å²) in [6, 6.07) is 0. The van der Waals surface area contributed by atoms with E-state index < -0.39 is 6.10 Å². The number of aliphatic hydroxyl groups excluding tert-OH is 1. The van der Waals surface area contributed by atoms with Gasteiger partial charge in [-0.05, 0) is 15.9 Å². The van der Waals surface area contributed by atoms with Gasteiger partial charge in [-0.3, -0.25) is 4.98 Å². The molecule has 0 saturated heterocycles. The van der Waals surface area contributed by atoms with Crippen molar-refractivity contribution < 1.29 is 9.84 Å². The van der Waals surface area contributed by atoms with Gasteiger partial charge >= 0.3 is 0 Å². The summed E-state index contributed by atoms with van der Waals surface area (Å²) >= 11 is 3.37. The van der Waals surface area contributed by atoms with Crippen LogP contribution in [0.1, 0.15) is 0 Å². The number of halogens is 1. The summed E-state index contributed by atoms with van der Waals surface area (Å²) in [6.45, 7) is 0.612. The Labute approximate surface area is 113 Å². The van der Waals surface area contributed by atoms with Crippen molar-refractivity contribution in [3.8, 4) is 0 Å². The average molecular weight is 313 g/mol. The van der Waals surface area contributed by atoms with Gasteiger partial charge in [0.15, 0.2) is 5.82 Å². The summed E-state index contributed by atoms with van der Waals surface area (Å²) in [5.74, 6) is 0.594. The third kappa shape index (κ3) is 2.92. The van der Waals surface area contributed by atoms with Crippen molar-refractivity contribution in [3.63, 3.8) is 0 Å². The second-order valence-electron chi connectivity index (χ2n) is 3.70. The van der Waals surface area contributed by atoms with Crippen LogP contribution in [0.5, 0.6) is 0 Å². The zero-order chi connectivity index (χ0) is 13.0. The maximum Gasteiger partial charge on any atom is 0.154 e. The minimum Gasteiger partial charge on any atom is -0.389 e. The first-order chi connectivity index (χ1) is 8.72. The summed E-state index contributed by atoms with van der Waals surface area (Å²) in [4.78, 5) is 12.7. The largest absolute Gasteiger partial charge is 0.389 e. The van der Waals surface area contributed by atoms with Crippen LogP contribution < -0.4 is 5.32 Å². The Kier molecular flexibility index (Phi) is 4.40. The monoisotopic (exact) mass is 312 g/mol. The van der Waals surface area contributed by atoms with Crippen LogP contribution in [0.3, 0.4) is 0 Å². The van der Waals surface area contributed by atoms with Crippen molar-refractivity contribution in [1.82, 2.24) is 15.0 Å². The Hall–Kier alpha value is -1.31. The van der Waals surface area contributed by atoms with Crippen LogP contribution in [-0.4, -0.2) is 46.4 Å². The van der Waals surface area contributed by atoms with Gasteiger partial charge < -0.3 is 15.2 Å². The maximum absolute atomic E-state index is 9.58. The van der Waals surface area contributed by atoms with Gasteiger partial charge in [0.25, 0.3) is 0 Å². The molecule has 0 amide bonds. The van der Waals surface area contributed by atoms with E-state index in [0.717, 1.165) is 9.99 Å². The lowest BCUT2D eigenvalue weighted by Crippen LogP contribution is -2.24. The number of nitrogens with one attached hydrogen (secondary N) is 1. The number of fused-ring (bicyclic) bond motifs is 1. The second-order valence-corrected chi connectivity index (χ2v) is 4.55. The molecule has 0 spiro atoms. The van der Waals surface area contributed by atoms with Crippen molar-refractivity contribution in [1.29, 1.82) is 0 Å². The van der Waals surface area contributed by atoms with Gasteiger partial charge in [0.1, 0.15) is 11.0 Å². The molecule has 0 fully saturated rings. The Morgan fingerprint density at radius 1 is 1.33 bits per heavy atom. The number of ether oxygens (including phenoxy) is 1. The summed E-state index contributed by atoms with van der Waals surface area (Å²) in [5, 5.41) is 12.6. The number of aromatic nitrogens is 3. The predicted octanol–water partition coefficient (Wildman–Crippen LogP) is 1.21. The minimum absolute atomic E-state index is 0.271. The lowest BCUT2D eigenvalue weighted by molar-refractivity contribution is 0.0727. The molecule has 2 heterocycles. The van der Waals surface area contributed by atoms with E-state index in [1.54, 1.807) is 25.7 Å². The van der Waals surface area contributed by atoms with E-state index in [2.05, 4.69) is 36.2 Å². The summed E-state index contributed by atoms with van der Waals surface area (Å²) in [7, 11) is 1.54. The number of anilines is 1. The Morgan fingerprint density at radius 2 is 2.06 bits per heavy atom. The highest BCUT2D eigenvalue weighted by Gasteiger charge is 2.09. The Balaban J connectivity index is 2.21. The molecule has 0 radical (unpaired) electrons. The van der Waals surface area contributed by atoms with Gasteiger partial charge in [0.2, 0.25) is 0 Å².